The number of benzene rings is 1. The van der Waals surface area contributed by atoms with Gasteiger partial charge >= 0.3 is 5.97 Å². The Bertz CT molecular complexity index is 463. The third-order valence-electron chi connectivity index (χ3n) is 4.20. The van der Waals surface area contributed by atoms with Gasteiger partial charge in [-0.25, -0.2) is 4.79 Å². The molecule has 0 unspecified atom stereocenters. The minimum absolute atomic E-state index is 0.298. The molecule has 2 saturated carbocycles. The Kier molecular flexibility index (Phi) is 4.44. The van der Waals surface area contributed by atoms with E-state index in [9.17, 15) is 4.79 Å². The van der Waals surface area contributed by atoms with Gasteiger partial charge < -0.3 is 9.84 Å². The van der Waals surface area contributed by atoms with Crippen molar-refractivity contribution in [2.24, 2.45) is 11.8 Å². The lowest BCUT2D eigenvalue weighted by atomic mass is 10.2. The first-order chi connectivity index (χ1) is 10.2. The Labute approximate surface area is 125 Å². The first kappa shape index (κ1) is 14.4. The normalized spacial score (nSPS) is 18.0. The topological polar surface area (TPSA) is 49.8 Å². The van der Waals surface area contributed by atoms with Crippen molar-refractivity contribution >= 4 is 5.97 Å². The first-order valence-electron chi connectivity index (χ1n) is 7.89. The molecule has 4 nitrogen and oxygen atoms in total. The lowest BCUT2D eigenvalue weighted by molar-refractivity contribution is 0.0697. The van der Waals surface area contributed by atoms with Gasteiger partial charge in [-0.1, -0.05) is 0 Å². The number of aromatic carboxylic acids is 1. The zero-order valence-electron chi connectivity index (χ0n) is 12.3. The highest BCUT2D eigenvalue weighted by molar-refractivity contribution is 5.87. The number of nitrogens with zero attached hydrogens (tertiary/aromatic N) is 1. The summed E-state index contributed by atoms with van der Waals surface area (Å²) in [6.45, 7) is 4.08. The van der Waals surface area contributed by atoms with Crippen LogP contribution in [0.25, 0.3) is 0 Å². The summed E-state index contributed by atoms with van der Waals surface area (Å²) in [5.74, 6) is 1.68. The number of carbonyl (C=O) groups is 1. The van der Waals surface area contributed by atoms with Crippen LogP contribution in [0.15, 0.2) is 24.3 Å². The van der Waals surface area contributed by atoms with Crippen molar-refractivity contribution in [3.63, 3.8) is 0 Å². The molecule has 3 rings (SSSR count). The second-order valence-electron chi connectivity index (χ2n) is 6.32. The van der Waals surface area contributed by atoms with E-state index in [1.807, 2.05) is 0 Å². The van der Waals surface area contributed by atoms with E-state index in [1.54, 1.807) is 24.3 Å². The zero-order valence-corrected chi connectivity index (χ0v) is 12.3. The van der Waals surface area contributed by atoms with Crippen molar-refractivity contribution in [3.05, 3.63) is 29.8 Å². The van der Waals surface area contributed by atoms with E-state index in [2.05, 4.69) is 4.90 Å². The summed E-state index contributed by atoms with van der Waals surface area (Å²) in [5.41, 5.74) is 0.298. The molecule has 0 heterocycles. The van der Waals surface area contributed by atoms with Gasteiger partial charge in [0.25, 0.3) is 0 Å². The maximum absolute atomic E-state index is 10.8. The summed E-state index contributed by atoms with van der Waals surface area (Å²) < 4.78 is 5.74. The number of carboxylic acids is 1. The van der Waals surface area contributed by atoms with Crippen LogP contribution in [-0.4, -0.2) is 42.2 Å². The Morgan fingerprint density at radius 1 is 1.10 bits per heavy atom. The van der Waals surface area contributed by atoms with Crippen LogP contribution in [0.1, 0.15) is 36.0 Å². The molecule has 1 aromatic rings. The predicted octanol–water partition coefficient (Wildman–Crippen LogP) is 2.89. The average Bonchev–Trinajstić information content (AvgIpc) is 3.35. The fraction of sp³-hybridized carbons (Fsp3) is 0.588. The highest BCUT2D eigenvalue weighted by Gasteiger charge is 2.28. The number of hydrogen-bond acceptors (Lipinski definition) is 3. The van der Waals surface area contributed by atoms with E-state index in [1.165, 1.54) is 38.8 Å². The average molecular weight is 289 g/mol. The van der Waals surface area contributed by atoms with Gasteiger partial charge in [0.2, 0.25) is 0 Å². The van der Waals surface area contributed by atoms with Crippen molar-refractivity contribution in [3.8, 4) is 5.75 Å². The molecule has 2 fully saturated rings. The minimum atomic E-state index is -0.901. The molecular formula is C17H23NO3. The molecule has 2 aliphatic rings. The summed E-state index contributed by atoms with van der Waals surface area (Å²) >= 11 is 0. The highest BCUT2D eigenvalue weighted by atomic mass is 16.5. The van der Waals surface area contributed by atoms with E-state index < -0.39 is 5.97 Å². The highest BCUT2D eigenvalue weighted by Crippen LogP contribution is 2.33. The van der Waals surface area contributed by atoms with Gasteiger partial charge in [-0.3, -0.25) is 4.90 Å². The second kappa shape index (κ2) is 6.48. The van der Waals surface area contributed by atoms with Crippen LogP contribution in [-0.2, 0) is 0 Å². The van der Waals surface area contributed by atoms with E-state index in [-0.39, 0.29) is 0 Å². The van der Waals surface area contributed by atoms with Gasteiger partial charge in [-0.15, -0.1) is 0 Å². The summed E-state index contributed by atoms with van der Waals surface area (Å²) in [6, 6.07) is 6.64. The number of rotatable bonds is 9. The van der Waals surface area contributed by atoms with Gasteiger partial charge in [0.15, 0.2) is 0 Å². The van der Waals surface area contributed by atoms with Crippen molar-refractivity contribution in [1.29, 1.82) is 0 Å². The van der Waals surface area contributed by atoms with Crippen molar-refractivity contribution in [2.75, 3.05) is 26.2 Å². The van der Waals surface area contributed by atoms with E-state index in [0.717, 1.165) is 24.1 Å². The Balaban J connectivity index is 1.43. The summed E-state index contributed by atoms with van der Waals surface area (Å²) in [6.07, 6.45) is 5.55. The van der Waals surface area contributed by atoms with Gasteiger partial charge in [0.05, 0.1) is 5.56 Å². The lowest BCUT2D eigenvalue weighted by Gasteiger charge is -2.22. The fourth-order valence-corrected chi connectivity index (χ4v) is 2.57. The molecule has 0 atom stereocenters. The largest absolute Gasteiger partial charge is 0.492 e. The Morgan fingerprint density at radius 2 is 1.67 bits per heavy atom. The summed E-state index contributed by atoms with van der Waals surface area (Å²) in [7, 11) is 0. The molecule has 0 spiro atoms. The zero-order chi connectivity index (χ0) is 14.7. The number of carboxylic acid groups (broad SMARTS) is 1. The second-order valence-corrected chi connectivity index (χ2v) is 6.32. The van der Waals surface area contributed by atoms with Crippen molar-refractivity contribution < 1.29 is 14.6 Å². The van der Waals surface area contributed by atoms with Crippen LogP contribution in [0, 0.1) is 11.8 Å². The molecule has 21 heavy (non-hydrogen) atoms. The van der Waals surface area contributed by atoms with Gasteiger partial charge in [-0.2, -0.15) is 0 Å². The predicted molar refractivity (Wildman–Crippen MR) is 80.8 cm³/mol. The molecule has 0 amide bonds. The maximum atomic E-state index is 10.8. The SMILES string of the molecule is O=C(O)c1ccc(OCCN(CC2CC2)CC2CC2)cc1. The third kappa shape index (κ3) is 4.74. The molecule has 1 aromatic carbocycles. The quantitative estimate of drug-likeness (QED) is 0.759. The number of ether oxygens (including phenoxy) is 1. The Morgan fingerprint density at radius 3 is 2.14 bits per heavy atom. The molecule has 2 aliphatic carbocycles. The van der Waals surface area contributed by atoms with Crippen molar-refractivity contribution in [1.82, 2.24) is 4.90 Å². The lowest BCUT2D eigenvalue weighted by Crippen LogP contribution is -2.32. The summed E-state index contributed by atoms with van der Waals surface area (Å²) in [4.78, 5) is 13.3. The maximum Gasteiger partial charge on any atom is 0.335 e. The van der Waals surface area contributed by atoms with Gasteiger partial charge in [0, 0.05) is 19.6 Å². The number of hydrogen-bond donors (Lipinski definition) is 1. The minimum Gasteiger partial charge on any atom is -0.492 e. The molecule has 0 saturated heterocycles. The molecule has 4 heteroatoms. The van der Waals surface area contributed by atoms with Crippen LogP contribution in [0.4, 0.5) is 0 Å². The van der Waals surface area contributed by atoms with E-state index in [0.29, 0.717) is 12.2 Å². The molecule has 114 valence electrons. The van der Waals surface area contributed by atoms with E-state index in [4.69, 9.17) is 9.84 Å². The van der Waals surface area contributed by atoms with Crippen LogP contribution in [0.2, 0.25) is 0 Å². The van der Waals surface area contributed by atoms with Crippen LogP contribution >= 0.6 is 0 Å². The van der Waals surface area contributed by atoms with Crippen LogP contribution in [0.3, 0.4) is 0 Å². The van der Waals surface area contributed by atoms with Crippen LogP contribution in [0.5, 0.6) is 5.75 Å². The first-order valence-corrected chi connectivity index (χ1v) is 7.89. The third-order valence-corrected chi connectivity index (χ3v) is 4.20. The molecule has 0 bridgehead atoms. The van der Waals surface area contributed by atoms with Gasteiger partial charge in [0.1, 0.15) is 12.4 Å². The molecule has 0 aliphatic heterocycles. The van der Waals surface area contributed by atoms with E-state index >= 15 is 0 Å². The standard InChI is InChI=1S/C17H23NO3/c19-17(20)15-5-7-16(8-6-15)21-10-9-18(11-13-1-2-13)12-14-3-4-14/h5-8,13-14H,1-4,9-12H2,(H,19,20). The fourth-order valence-electron chi connectivity index (χ4n) is 2.57. The smallest absolute Gasteiger partial charge is 0.335 e. The molecule has 0 radical (unpaired) electrons. The molecule has 0 aromatic heterocycles. The molecular weight excluding hydrogens is 266 g/mol. The molecule has 1 N–H and O–H groups in total. The van der Waals surface area contributed by atoms with Crippen molar-refractivity contribution in [2.45, 2.75) is 25.7 Å². The van der Waals surface area contributed by atoms with Crippen LogP contribution < -0.4 is 4.74 Å². The van der Waals surface area contributed by atoms with Gasteiger partial charge in [-0.05, 0) is 61.8 Å². The Hall–Kier alpha value is -1.55. The summed E-state index contributed by atoms with van der Waals surface area (Å²) in [5, 5.41) is 8.86. The monoisotopic (exact) mass is 289 g/mol.